The Morgan fingerprint density at radius 2 is 2.24 bits per heavy atom. The van der Waals surface area contributed by atoms with Gasteiger partial charge in [0.25, 0.3) is 0 Å². The van der Waals surface area contributed by atoms with E-state index < -0.39 is 5.97 Å². The first-order chi connectivity index (χ1) is 10.1. The SMILES string of the molecule is Cc1cc(C)c(C(=O)O)c(N(Cc2cccs2)C2CC2)n1. The van der Waals surface area contributed by atoms with Gasteiger partial charge < -0.3 is 10.0 Å². The molecule has 2 heterocycles. The van der Waals surface area contributed by atoms with Crippen LogP contribution in [-0.4, -0.2) is 22.1 Å². The van der Waals surface area contributed by atoms with Crippen molar-refractivity contribution in [2.24, 2.45) is 0 Å². The Hall–Kier alpha value is -1.88. The van der Waals surface area contributed by atoms with Gasteiger partial charge in [-0.15, -0.1) is 11.3 Å². The summed E-state index contributed by atoms with van der Waals surface area (Å²) in [6, 6.07) is 6.36. The van der Waals surface area contributed by atoms with Crippen LogP contribution in [0.2, 0.25) is 0 Å². The minimum atomic E-state index is -0.896. The summed E-state index contributed by atoms with van der Waals surface area (Å²) in [5.41, 5.74) is 1.98. The number of aromatic nitrogens is 1. The average molecular weight is 302 g/mol. The lowest BCUT2D eigenvalue weighted by molar-refractivity contribution is 0.0696. The Balaban J connectivity index is 2.04. The fraction of sp³-hybridized carbons (Fsp3) is 0.375. The molecule has 2 aromatic rings. The number of anilines is 1. The van der Waals surface area contributed by atoms with Crippen LogP contribution in [0, 0.1) is 13.8 Å². The van der Waals surface area contributed by atoms with Gasteiger partial charge in [-0.25, -0.2) is 9.78 Å². The second kappa shape index (κ2) is 5.48. The molecule has 21 heavy (non-hydrogen) atoms. The van der Waals surface area contributed by atoms with Gasteiger partial charge in [0.1, 0.15) is 11.4 Å². The van der Waals surface area contributed by atoms with Gasteiger partial charge in [-0.3, -0.25) is 0 Å². The van der Waals surface area contributed by atoms with Crippen LogP contribution >= 0.6 is 11.3 Å². The zero-order chi connectivity index (χ0) is 15.0. The van der Waals surface area contributed by atoms with Crippen LogP contribution in [0.15, 0.2) is 23.6 Å². The minimum absolute atomic E-state index is 0.337. The lowest BCUT2D eigenvalue weighted by Crippen LogP contribution is -2.28. The number of thiophene rings is 1. The van der Waals surface area contributed by atoms with Crippen molar-refractivity contribution in [1.29, 1.82) is 0 Å². The van der Waals surface area contributed by atoms with Gasteiger partial charge in [0.15, 0.2) is 0 Å². The molecule has 1 N–H and O–H groups in total. The van der Waals surface area contributed by atoms with E-state index in [4.69, 9.17) is 0 Å². The molecule has 0 atom stereocenters. The van der Waals surface area contributed by atoms with Crippen molar-refractivity contribution in [3.8, 4) is 0 Å². The summed E-state index contributed by atoms with van der Waals surface area (Å²) >= 11 is 1.70. The minimum Gasteiger partial charge on any atom is -0.478 e. The van der Waals surface area contributed by atoms with Gasteiger partial charge in [-0.1, -0.05) is 6.07 Å². The molecule has 0 aliphatic heterocycles. The number of carbonyl (C=O) groups is 1. The number of carboxylic acids is 1. The average Bonchev–Trinajstić information content (AvgIpc) is 3.11. The lowest BCUT2D eigenvalue weighted by Gasteiger charge is -2.25. The molecule has 0 spiro atoms. The second-order valence-electron chi connectivity index (χ2n) is 5.52. The molecule has 3 rings (SSSR count). The van der Waals surface area contributed by atoms with E-state index in [1.165, 1.54) is 4.88 Å². The molecule has 2 aromatic heterocycles. The van der Waals surface area contributed by atoms with E-state index >= 15 is 0 Å². The van der Waals surface area contributed by atoms with Gasteiger partial charge >= 0.3 is 5.97 Å². The van der Waals surface area contributed by atoms with E-state index in [1.54, 1.807) is 11.3 Å². The monoisotopic (exact) mass is 302 g/mol. The summed E-state index contributed by atoms with van der Waals surface area (Å²) in [5, 5.41) is 11.6. The quantitative estimate of drug-likeness (QED) is 0.916. The van der Waals surface area contributed by atoms with Crippen LogP contribution in [0.1, 0.15) is 39.3 Å². The highest BCUT2D eigenvalue weighted by Gasteiger charge is 2.33. The highest BCUT2D eigenvalue weighted by atomic mass is 32.1. The maximum Gasteiger partial charge on any atom is 0.339 e. The van der Waals surface area contributed by atoms with Crippen molar-refractivity contribution in [1.82, 2.24) is 4.98 Å². The smallest absolute Gasteiger partial charge is 0.339 e. The van der Waals surface area contributed by atoms with E-state index in [1.807, 2.05) is 31.4 Å². The first-order valence-electron chi connectivity index (χ1n) is 7.07. The molecule has 4 nitrogen and oxygen atoms in total. The lowest BCUT2D eigenvalue weighted by atomic mass is 10.1. The van der Waals surface area contributed by atoms with E-state index in [2.05, 4.69) is 16.0 Å². The van der Waals surface area contributed by atoms with Crippen molar-refractivity contribution in [2.75, 3.05) is 4.90 Å². The largest absolute Gasteiger partial charge is 0.478 e. The standard InChI is InChI=1S/C16H18N2O2S/c1-10-8-11(2)17-15(14(10)16(19)20)18(12-5-6-12)9-13-4-3-7-21-13/h3-4,7-8,12H,5-6,9H2,1-2H3,(H,19,20). The number of nitrogens with zero attached hydrogens (tertiary/aromatic N) is 2. The normalized spacial score (nSPS) is 14.2. The summed E-state index contributed by atoms with van der Waals surface area (Å²) in [4.78, 5) is 19.6. The molecule has 0 radical (unpaired) electrons. The molecule has 0 bridgehead atoms. The molecule has 1 aliphatic rings. The van der Waals surface area contributed by atoms with Crippen molar-refractivity contribution < 1.29 is 9.90 Å². The van der Waals surface area contributed by atoms with Crippen molar-refractivity contribution in [3.63, 3.8) is 0 Å². The summed E-state index contributed by atoms with van der Waals surface area (Å²) in [6.07, 6.45) is 2.22. The van der Waals surface area contributed by atoms with E-state index in [9.17, 15) is 9.90 Å². The molecule has 110 valence electrons. The van der Waals surface area contributed by atoms with Crippen LogP contribution in [-0.2, 0) is 6.54 Å². The van der Waals surface area contributed by atoms with Crippen LogP contribution < -0.4 is 4.90 Å². The molecule has 0 amide bonds. The molecular weight excluding hydrogens is 284 g/mol. The van der Waals surface area contributed by atoms with Gasteiger partial charge in [-0.2, -0.15) is 0 Å². The van der Waals surface area contributed by atoms with Gasteiger partial charge in [-0.05, 0) is 49.8 Å². The Labute approximate surface area is 128 Å². The summed E-state index contributed by atoms with van der Waals surface area (Å²) < 4.78 is 0. The van der Waals surface area contributed by atoms with E-state index in [0.717, 1.165) is 30.6 Å². The molecule has 5 heteroatoms. The Morgan fingerprint density at radius 1 is 1.48 bits per heavy atom. The number of aryl methyl sites for hydroxylation is 2. The van der Waals surface area contributed by atoms with E-state index in [-0.39, 0.29) is 0 Å². The number of hydrogen-bond donors (Lipinski definition) is 1. The first kappa shape index (κ1) is 14.1. The fourth-order valence-electron chi connectivity index (χ4n) is 2.62. The first-order valence-corrected chi connectivity index (χ1v) is 7.95. The molecule has 1 saturated carbocycles. The third-order valence-corrected chi connectivity index (χ3v) is 4.57. The van der Waals surface area contributed by atoms with Crippen LogP contribution in [0.5, 0.6) is 0 Å². The highest BCUT2D eigenvalue weighted by molar-refractivity contribution is 7.09. The van der Waals surface area contributed by atoms with Gasteiger partial charge in [0.05, 0.1) is 6.54 Å². The van der Waals surface area contributed by atoms with Gasteiger partial charge in [0.2, 0.25) is 0 Å². The molecule has 1 aliphatic carbocycles. The zero-order valence-electron chi connectivity index (χ0n) is 12.2. The maximum absolute atomic E-state index is 11.6. The molecule has 0 saturated heterocycles. The number of hydrogen-bond acceptors (Lipinski definition) is 4. The summed E-state index contributed by atoms with van der Waals surface area (Å²) in [7, 11) is 0. The number of carboxylic acid groups (broad SMARTS) is 1. The molecular formula is C16H18N2O2S. The predicted octanol–water partition coefficient (Wildman–Crippen LogP) is 3.63. The van der Waals surface area contributed by atoms with Crippen molar-refractivity contribution in [3.05, 3.63) is 45.3 Å². The van der Waals surface area contributed by atoms with Crippen LogP contribution in [0.4, 0.5) is 5.82 Å². The van der Waals surface area contributed by atoms with Crippen molar-refractivity contribution >= 4 is 23.1 Å². The third-order valence-electron chi connectivity index (χ3n) is 3.71. The van der Waals surface area contributed by atoms with E-state index in [0.29, 0.717) is 17.4 Å². The molecule has 1 fully saturated rings. The van der Waals surface area contributed by atoms with Gasteiger partial charge in [0, 0.05) is 16.6 Å². The Kier molecular flexibility index (Phi) is 3.68. The Morgan fingerprint density at radius 3 is 2.81 bits per heavy atom. The second-order valence-corrected chi connectivity index (χ2v) is 6.55. The topological polar surface area (TPSA) is 53.4 Å². The predicted molar refractivity (Wildman–Crippen MR) is 84.2 cm³/mol. The van der Waals surface area contributed by atoms with Crippen LogP contribution in [0.25, 0.3) is 0 Å². The number of aromatic carboxylic acids is 1. The van der Waals surface area contributed by atoms with Crippen molar-refractivity contribution in [2.45, 2.75) is 39.3 Å². The summed E-state index contributed by atoms with van der Waals surface area (Å²) in [5.74, 6) is -0.275. The highest BCUT2D eigenvalue weighted by Crippen LogP contribution is 2.35. The molecule has 0 aromatic carbocycles. The fourth-order valence-corrected chi connectivity index (χ4v) is 3.33. The third kappa shape index (κ3) is 2.93. The maximum atomic E-state index is 11.6. The number of rotatable bonds is 5. The Bertz CT molecular complexity index is 663. The zero-order valence-corrected chi connectivity index (χ0v) is 13.0. The van der Waals surface area contributed by atoms with Crippen LogP contribution in [0.3, 0.4) is 0 Å². The summed E-state index contributed by atoms with van der Waals surface area (Å²) in [6.45, 7) is 4.49. The molecule has 0 unspecified atom stereocenters. The number of pyridine rings is 1.